The van der Waals surface area contributed by atoms with E-state index < -0.39 is 0 Å². The second-order valence-electron chi connectivity index (χ2n) is 6.12. The van der Waals surface area contributed by atoms with Crippen molar-refractivity contribution in [1.82, 2.24) is 10.2 Å². The van der Waals surface area contributed by atoms with E-state index in [9.17, 15) is 4.79 Å². The molecule has 1 spiro atoms. The highest BCUT2D eigenvalue weighted by atomic mass is 16.2. The summed E-state index contributed by atoms with van der Waals surface area (Å²) in [5.74, 6) is 0.655. The first-order valence-corrected chi connectivity index (χ1v) is 7.70. The molecule has 0 bridgehead atoms. The van der Waals surface area contributed by atoms with Gasteiger partial charge in [-0.25, -0.2) is 0 Å². The van der Waals surface area contributed by atoms with Crippen molar-refractivity contribution in [2.45, 2.75) is 52.4 Å². The van der Waals surface area contributed by atoms with Crippen molar-refractivity contribution in [2.24, 2.45) is 11.3 Å². The van der Waals surface area contributed by atoms with Crippen molar-refractivity contribution in [2.75, 3.05) is 26.2 Å². The number of nitrogens with zero attached hydrogens (tertiary/aromatic N) is 1. The van der Waals surface area contributed by atoms with Gasteiger partial charge in [-0.2, -0.15) is 0 Å². The SMILES string of the molecule is CCC(CC)C(=O)N1CCC2(CCCNC2)CC1. The van der Waals surface area contributed by atoms with Crippen LogP contribution in [-0.2, 0) is 4.79 Å². The predicted octanol–water partition coefficient (Wildman–Crippen LogP) is 2.41. The van der Waals surface area contributed by atoms with Gasteiger partial charge < -0.3 is 10.2 Å². The second kappa shape index (κ2) is 6.05. The Hall–Kier alpha value is -0.570. The van der Waals surface area contributed by atoms with Gasteiger partial charge in [-0.15, -0.1) is 0 Å². The molecule has 2 rings (SSSR count). The topological polar surface area (TPSA) is 32.3 Å². The van der Waals surface area contributed by atoms with Crippen LogP contribution in [0.15, 0.2) is 0 Å². The van der Waals surface area contributed by atoms with E-state index >= 15 is 0 Å². The van der Waals surface area contributed by atoms with Crippen molar-refractivity contribution in [3.63, 3.8) is 0 Å². The summed E-state index contributed by atoms with van der Waals surface area (Å²) < 4.78 is 0. The number of hydrogen-bond donors (Lipinski definition) is 1. The molecule has 0 aromatic carbocycles. The van der Waals surface area contributed by atoms with E-state index in [0.717, 1.165) is 25.9 Å². The highest BCUT2D eigenvalue weighted by molar-refractivity contribution is 5.78. The minimum atomic E-state index is 0.253. The quantitative estimate of drug-likeness (QED) is 0.836. The van der Waals surface area contributed by atoms with Crippen molar-refractivity contribution in [1.29, 1.82) is 0 Å². The van der Waals surface area contributed by atoms with Crippen LogP contribution in [0.3, 0.4) is 0 Å². The maximum atomic E-state index is 12.3. The molecule has 0 saturated carbocycles. The zero-order chi connectivity index (χ0) is 13.0. The van der Waals surface area contributed by atoms with Crippen LogP contribution in [0.4, 0.5) is 0 Å². The summed E-state index contributed by atoms with van der Waals surface area (Å²) >= 11 is 0. The number of rotatable bonds is 3. The van der Waals surface area contributed by atoms with Crippen molar-refractivity contribution in [3.8, 4) is 0 Å². The first-order valence-electron chi connectivity index (χ1n) is 7.70. The Bertz CT molecular complexity index is 270. The van der Waals surface area contributed by atoms with Crippen molar-refractivity contribution < 1.29 is 4.79 Å². The molecule has 0 aliphatic carbocycles. The fourth-order valence-corrected chi connectivity index (χ4v) is 3.55. The zero-order valence-electron chi connectivity index (χ0n) is 12.0. The fraction of sp³-hybridized carbons (Fsp3) is 0.933. The molecule has 2 heterocycles. The van der Waals surface area contributed by atoms with Crippen molar-refractivity contribution >= 4 is 5.91 Å². The number of amides is 1. The number of nitrogens with one attached hydrogen (secondary N) is 1. The molecular formula is C15H28N2O. The van der Waals surface area contributed by atoms with E-state index in [1.807, 2.05) is 0 Å². The second-order valence-corrected chi connectivity index (χ2v) is 6.12. The number of hydrogen-bond acceptors (Lipinski definition) is 2. The summed E-state index contributed by atoms with van der Waals surface area (Å²) in [7, 11) is 0. The molecule has 2 aliphatic heterocycles. The molecular weight excluding hydrogens is 224 g/mol. The number of carbonyl (C=O) groups is 1. The first-order chi connectivity index (χ1) is 8.71. The molecule has 0 aromatic rings. The lowest BCUT2D eigenvalue weighted by Gasteiger charge is -2.45. The average molecular weight is 252 g/mol. The van der Waals surface area contributed by atoms with Crippen LogP contribution in [0, 0.1) is 11.3 Å². The van der Waals surface area contributed by atoms with E-state index in [1.165, 1.54) is 38.8 Å². The molecule has 0 unspecified atom stereocenters. The Morgan fingerprint density at radius 1 is 1.22 bits per heavy atom. The molecule has 1 amide bonds. The molecule has 0 atom stereocenters. The van der Waals surface area contributed by atoms with Crippen LogP contribution in [0.2, 0.25) is 0 Å². The number of likely N-dealkylation sites (tertiary alicyclic amines) is 1. The minimum absolute atomic E-state index is 0.253. The van der Waals surface area contributed by atoms with Gasteiger partial charge in [-0.05, 0) is 50.5 Å². The van der Waals surface area contributed by atoms with Crippen LogP contribution < -0.4 is 5.32 Å². The molecule has 0 radical (unpaired) electrons. The maximum Gasteiger partial charge on any atom is 0.225 e. The lowest BCUT2D eigenvalue weighted by molar-refractivity contribution is -0.138. The highest BCUT2D eigenvalue weighted by Crippen LogP contribution is 2.37. The normalized spacial score (nSPS) is 23.6. The lowest BCUT2D eigenvalue weighted by Crippen LogP contribution is -2.50. The predicted molar refractivity (Wildman–Crippen MR) is 74.4 cm³/mol. The third kappa shape index (κ3) is 2.87. The summed E-state index contributed by atoms with van der Waals surface area (Å²) in [6.07, 6.45) is 7.03. The van der Waals surface area contributed by atoms with Gasteiger partial charge in [-0.1, -0.05) is 13.8 Å². The van der Waals surface area contributed by atoms with Crippen LogP contribution >= 0.6 is 0 Å². The Morgan fingerprint density at radius 2 is 1.89 bits per heavy atom. The Balaban J connectivity index is 1.87. The van der Waals surface area contributed by atoms with Crippen LogP contribution in [0.1, 0.15) is 52.4 Å². The van der Waals surface area contributed by atoms with Gasteiger partial charge in [0, 0.05) is 25.6 Å². The van der Waals surface area contributed by atoms with Gasteiger partial charge in [0.15, 0.2) is 0 Å². The largest absolute Gasteiger partial charge is 0.342 e. The van der Waals surface area contributed by atoms with Gasteiger partial charge in [0.25, 0.3) is 0 Å². The van der Waals surface area contributed by atoms with Gasteiger partial charge >= 0.3 is 0 Å². The summed E-state index contributed by atoms with van der Waals surface area (Å²) in [4.78, 5) is 14.5. The summed E-state index contributed by atoms with van der Waals surface area (Å²) in [5, 5.41) is 3.53. The van der Waals surface area contributed by atoms with Crippen LogP contribution in [-0.4, -0.2) is 37.0 Å². The van der Waals surface area contributed by atoms with Crippen molar-refractivity contribution in [3.05, 3.63) is 0 Å². The Morgan fingerprint density at radius 3 is 2.39 bits per heavy atom. The molecule has 2 aliphatic rings. The third-order valence-electron chi connectivity index (χ3n) is 5.03. The zero-order valence-corrected chi connectivity index (χ0v) is 12.0. The summed E-state index contributed by atoms with van der Waals surface area (Å²) in [5.41, 5.74) is 0.503. The van der Waals surface area contributed by atoms with E-state index in [4.69, 9.17) is 0 Å². The fourth-order valence-electron chi connectivity index (χ4n) is 3.55. The molecule has 0 aromatic heterocycles. The molecule has 3 heteroatoms. The average Bonchev–Trinajstić information content (AvgIpc) is 2.42. The Kier molecular flexibility index (Phi) is 4.66. The third-order valence-corrected chi connectivity index (χ3v) is 5.03. The van der Waals surface area contributed by atoms with Crippen LogP contribution in [0.5, 0.6) is 0 Å². The molecule has 18 heavy (non-hydrogen) atoms. The minimum Gasteiger partial charge on any atom is -0.342 e. The van der Waals surface area contributed by atoms with Gasteiger partial charge in [0.2, 0.25) is 5.91 Å². The molecule has 104 valence electrons. The van der Waals surface area contributed by atoms with Gasteiger partial charge in [0.1, 0.15) is 0 Å². The standard InChI is InChI=1S/C15H28N2O/c1-3-13(4-2)14(18)17-10-7-15(8-11-17)6-5-9-16-12-15/h13,16H,3-12H2,1-2H3. The van der Waals surface area contributed by atoms with E-state index in [-0.39, 0.29) is 5.92 Å². The summed E-state index contributed by atoms with van der Waals surface area (Å²) in [6.45, 7) is 8.57. The number of piperidine rings is 2. The monoisotopic (exact) mass is 252 g/mol. The molecule has 3 nitrogen and oxygen atoms in total. The van der Waals surface area contributed by atoms with E-state index in [2.05, 4.69) is 24.1 Å². The molecule has 2 saturated heterocycles. The van der Waals surface area contributed by atoms with Gasteiger partial charge in [-0.3, -0.25) is 4.79 Å². The van der Waals surface area contributed by atoms with Crippen LogP contribution in [0.25, 0.3) is 0 Å². The summed E-state index contributed by atoms with van der Waals surface area (Å²) in [6, 6.07) is 0. The lowest BCUT2D eigenvalue weighted by atomic mass is 9.73. The first kappa shape index (κ1) is 13.9. The van der Waals surface area contributed by atoms with E-state index in [1.54, 1.807) is 0 Å². The number of carbonyl (C=O) groups excluding carboxylic acids is 1. The van der Waals surface area contributed by atoms with Gasteiger partial charge in [0.05, 0.1) is 0 Å². The van der Waals surface area contributed by atoms with E-state index in [0.29, 0.717) is 11.3 Å². The maximum absolute atomic E-state index is 12.3. The highest BCUT2D eigenvalue weighted by Gasteiger charge is 2.37. The molecule has 2 fully saturated rings. The Labute approximate surface area is 111 Å². The molecule has 1 N–H and O–H groups in total. The smallest absolute Gasteiger partial charge is 0.225 e.